The minimum Gasteiger partial charge on any atom is -0.381 e. The van der Waals surface area contributed by atoms with Crippen LogP contribution in [0, 0.1) is 0 Å². The van der Waals surface area contributed by atoms with E-state index in [0.29, 0.717) is 0 Å². The molecule has 5 aromatic rings. The summed E-state index contributed by atoms with van der Waals surface area (Å²) in [5.41, 5.74) is 11.1. The summed E-state index contributed by atoms with van der Waals surface area (Å²) in [4.78, 5) is 0. The second-order valence-electron chi connectivity index (χ2n) is 10.7. The van der Waals surface area contributed by atoms with E-state index in [1.165, 1.54) is 33.4 Å². The van der Waals surface area contributed by atoms with E-state index in [2.05, 4.69) is 140 Å². The Morgan fingerprint density at radius 2 is 0.615 bits per heavy atom. The second-order valence-corrected chi connectivity index (χ2v) is 10.7. The number of nitrogens with zero attached hydrogens (tertiary/aromatic N) is 3. The summed E-state index contributed by atoms with van der Waals surface area (Å²) in [5.74, 6) is 0. The number of hydrogen-bond donors (Lipinski definition) is 3. The van der Waals surface area contributed by atoms with Crippen LogP contribution < -0.4 is 29.7 Å². The summed E-state index contributed by atoms with van der Waals surface area (Å²) in [6.07, 6.45) is 13.0. The predicted molar refractivity (Wildman–Crippen MR) is 152 cm³/mol. The Hall–Kier alpha value is -4.71. The first-order chi connectivity index (χ1) is 19.2. The third-order valence-electron chi connectivity index (χ3n) is 7.48. The Balaban J connectivity index is 1.37. The number of nitrogens with one attached hydrogen (secondary N) is 3. The van der Waals surface area contributed by atoms with Gasteiger partial charge in [0.2, 0.25) is 0 Å². The summed E-state index contributed by atoms with van der Waals surface area (Å²) < 4.78 is 6.76. The van der Waals surface area contributed by atoms with Crippen LogP contribution in [0.3, 0.4) is 0 Å². The largest absolute Gasteiger partial charge is 0.381 e. The van der Waals surface area contributed by atoms with E-state index in [-0.39, 0.29) is 0 Å². The van der Waals surface area contributed by atoms with Crippen molar-refractivity contribution in [1.29, 1.82) is 0 Å². The van der Waals surface area contributed by atoms with Crippen LogP contribution in [-0.4, -0.2) is 0 Å². The van der Waals surface area contributed by atoms with Crippen molar-refractivity contribution in [2.24, 2.45) is 0 Å². The number of benzene rings is 2. The fourth-order valence-electron chi connectivity index (χ4n) is 5.55. The van der Waals surface area contributed by atoms with Gasteiger partial charge in [-0.3, -0.25) is 0 Å². The highest BCUT2D eigenvalue weighted by molar-refractivity contribution is 5.45. The summed E-state index contributed by atoms with van der Waals surface area (Å²) in [7, 11) is 0. The molecular formula is C33H33N6+3. The van der Waals surface area contributed by atoms with Crippen LogP contribution in [0.1, 0.15) is 33.4 Å². The van der Waals surface area contributed by atoms with Gasteiger partial charge in [0.1, 0.15) is 0 Å². The van der Waals surface area contributed by atoms with E-state index in [4.69, 9.17) is 0 Å². The van der Waals surface area contributed by atoms with E-state index < -0.39 is 0 Å². The molecule has 0 spiro atoms. The third kappa shape index (κ3) is 5.60. The first-order valence-corrected chi connectivity index (χ1v) is 13.6. The van der Waals surface area contributed by atoms with Crippen molar-refractivity contribution in [3.05, 3.63) is 143 Å². The standard InChI is InChI=1S/C33H30N6/c1-7-37-8-2-31(1)34-19-25-13-26-15-27(14-25)21-36-33-5-11-39(12-6-33)24-30-17-28(22-37)16-29(18-30)23-38-9-3-32(4-10-38)35-20-26/h1-18H,19-24H2/p+3. The number of hydrogen-bond acceptors (Lipinski definition) is 3. The highest BCUT2D eigenvalue weighted by atomic mass is 15.0. The highest BCUT2D eigenvalue weighted by Gasteiger charge is 2.14. The molecule has 12 aliphatic heterocycles. The monoisotopic (exact) mass is 513 g/mol. The third-order valence-corrected chi connectivity index (χ3v) is 7.48. The molecule has 0 unspecified atom stereocenters. The van der Waals surface area contributed by atoms with Crippen LogP contribution in [-0.2, 0) is 39.3 Å². The van der Waals surface area contributed by atoms with Gasteiger partial charge in [-0.2, -0.15) is 0 Å². The molecule has 15 heterocycles. The van der Waals surface area contributed by atoms with Crippen molar-refractivity contribution >= 4 is 17.1 Å². The quantitative estimate of drug-likeness (QED) is 0.273. The van der Waals surface area contributed by atoms with Crippen LogP contribution in [0.2, 0.25) is 0 Å². The number of rotatable bonds is 0. The Labute approximate surface area is 229 Å². The molecular weight excluding hydrogens is 480 g/mol. The average Bonchev–Trinajstić information content (AvgIpc) is 2.95. The lowest BCUT2D eigenvalue weighted by Crippen LogP contribution is -2.36. The number of anilines is 3. The van der Waals surface area contributed by atoms with Crippen molar-refractivity contribution in [3.8, 4) is 0 Å². The number of pyridine rings is 3. The maximum absolute atomic E-state index is 3.63. The minimum absolute atomic E-state index is 0.771. The minimum atomic E-state index is 0.771. The molecule has 0 radical (unpaired) electrons. The fourth-order valence-corrected chi connectivity index (χ4v) is 5.55. The normalized spacial score (nSPS) is 14.2. The Morgan fingerprint density at radius 1 is 0.359 bits per heavy atom. The zero-order chi connectivity index (χ0) is 26.0. The first kappa shape index (κ1) is 23.4. The van der Waals surface area contributed by atoms with Gasteiger partial charge in [-0.15, -0.1) is 0 Å². The maximum atomic E-state index is 3.63. The topological polar surface area (TPSA) is 47.7 Å². The maximum Gasteiger partial charge on any atom is 0.173 e. The Morgan fingerprint density at radius 3 is 0.897 bits per heavy atom. The summed E-state index contributed by atoms with van der Waals surface area (Å²) >= 11 is 0. The van der Waals surface area contributed by atoms with Crippen LogP contribution in [0.25, 0.3) is 0 Å². The van der Waals surface area contributed by atoms with Crippen molar-refractivity contribution in [1.82, 2.24) is 0 Å². The van der Waals surface area contributed by atoms with Gasteiger partial charge < -0.3 is 16.0 Å². The zero-order valence-electron chi connectivity index (χ0n) is 22.0. The molecule has 6 heteroatoms. The molecule has 0 saturated heterocycles. The molecule has 0 amide bonds. The van der Waals surface area contributed by atoms with Gasteiger partial charge in [-0.1, -0.05) is 18.2 Å². The van der Waals surface area contributed by atoms with Crippen molar-refractivity contribution in [3.63, 3.8) is 0 Å². The van der Waals surface area contributed by atoms with Gasteiger partial charge in [0.15, 0.2) is 56.8 Å². The molecule has 192 valence electrons. The number of aromatic nitrogens is 3. The zero-order valence-corrected chi connectivity index (χ0v) is 22.0. The lowest BCUT2D eigenvalue weighted by molar-refractivity contribution is -0.690. The summed E-state index contributed by atoms with van der Waals surface area (Å²) in [5, 5.41) is 10.9. The Bertz CT molecular complexity index is 1390. The van der Waals surface area contributed by atoms with Crippen LogP contribution in [0.5, 0.6) is 0 Å². The molecule has 0 atom stereocenters. The molecule has 6 nitrogen and oxygen atoms in total. The molecule has 0 fully saturated rings. The predicted octanol–water partition coefficient (Wildman–Crippen LogP) is 4.16. The highest BCUT2D eigenvalue weighted by Crippen LogP contribution is 2.18. The van der Waals surface area contributed by atoms with Gasteiger partial charge in [-0.05, 0) is 34.9 Å². The smallest absolute Gasteiger partial charge is 0.173 e. The molecule has 0 aliphatic carbocycles. The van der Waals surface area contributed by atoms with Crippen molar-refractivity contribution < 1.29 is 13.7 Å². The Kier molecular flexibility index (Phi) is 6.13. The molecule has 17 rings (SSSR count). The lowest BCUT2D eigenvalue weighted by atomic mass is 10.0. The molecule has 0 saturated carbocycles. The van der Waals surface area contributed by atoms with Crippen LogP contribution in [0.15, 0.2) is 110 Å². The summed E-state index contributed by atoms with van der Waals surface area (Å²) in [6.45, 7) is 4.79. The van der Waals surface area contributed by atoms with Gasteiger partial charge in [0.05, 0.1) is 0 Å². The van der Waals surface area contributed by atoms with Gasteiger partial charge in [0.25, 0.3) is 0 Å². The molecule has 39 heavy (non-hydrogen) atoms. The molecule has 12 aliphatic rings. The van der Waals surface area contributed by atoms with Crippen molar-refractivity contribution in [2.45, 2.75) is 39.3 Å². The van der Waals surface area contributed by atoms with E-state index in [9.17, 15) is 0 Å². The molecule has 3 aromatic heterocycles. The van der Waals surface area contributed by atoms with Gasteiger partial charge >= 0.3 is 0 Å². The van der Waals surface area contributed by atoms with Crippen molar-refractivity contribution in [2.75, 3.05) is 16.0 Å². The average molecular weight is 514 g/mol. The second kappa shape index (κ2) is 10.2. The SMILES string of the molecule is c1c2cc3cc1CNc1cc[n+](cc1)Cc1cc(cc(c1)C[n+]1ccc(cc1)NC3)C[n+]1ccc(cc1)NC2. The molecule has 12 bridgehead atoms. The van der Waals surface area contributed by atoms with Crippen LogP contribution >= 0.6 is 0 Å². The molecule has 2 aromatic carbocycles. The van der Waals surface area contributed by atoms with E-state index in [1.54, 1.807) is 0 Å². The van der Waals surface area contributed by atoms with Gasteiger partial charge in [0, 0.05) is 89.8 Å². The van der Waals surface area contributed by atoms with E-state index in [1.807, 2.05) is 0 Å². The van der Waals surface area contributed by atoms with Gasteiger partial charge in [-0.25, -0.2) is 13.7 Å². The first-order valence-electron chi connectivity index (χ1n) is 13.6. The fraction of sp³-hybridized carbons (Fsp3) is 0.182. The summed E-state index contributed by atoms with van der Waals surface area (Å²) in [6, 6.07) is 26.9. The molecule has 3 N–H and O–H groups in total. The lowest BCUT2D eigenvalue weighted by Gasteiger charge is -2.14. The van der Waals surface area contributed by atoms with Crippen LogP contribution in [0.4, 0.5) is 17.1 Å². The van der Waals surface area contributed by atoms with E-state index in [0.717, 1.165) is 56.3 Å². The van der Waals surface area contributed by atoms with E-state index >= 15 is 0 Å².